The Morgan fingerprint density at radius 3 is 0.696 bits per heavy atom. The molecule has 0 aliphatic heterocycles. The fourth-order valence-electron chi connectivity index (χ4n) is 11.1. The highest BCUT2D eigenvalue weighted by Crippen LogP contribution is 2.19. The SMILES string of the molecule is CCCCCCC/C=C\C/C=C\CCCCCCCCCCCCCCCCCC(=O)OCC(COC(=O)CCCCCCCCCCCCCCCCCC)OC(=O)CCCCCCCCCCCCCCCCCCCC. The predicted octanol–water partition coefficient (Wildman–Crippen LogP) is 24.6. The molecule has 6 heteroatoms. The van der Waals surface area contributed by atoms with Crippen LogP contribution in [0.1, 0.15) is 406 Å². The molecule has 6 nitrogen and oxygen atoms in total. The van der Waals surface area contributed by atoms with Gasteiger partial charge in [0.05, 0.1) is 0 Å². The normalized spacial score (nSPS) is 12.1. The summed E-state index contributed by atoms with van der Waals surface area (Å²) in [4.78, 5) is 38.5. The van der Waals surface area contributed by atoms with Crippen LogP contribution in [0.15, 0.2) is 24.3 Å². The Morgan fingerprint density at radius 1 is 0.253 bits per heavy atom. The van der Waals surface area contributed by atoms with Crippen LogP contribution < -0.4 is 0 Å². The fourth-order valence-corrected chi connectivity index (χ4v) is 11.1. The second kappa shape index (κ2) is 68.4. The molecular formula is C73H138O6. The van der Waals surface area contributed by atoms with Gasteiger partial charge in [-0.2, -0.15) is 0 Å². The highest BCUT2D eigenvalue weighted by molar-refractivity contribution is 5.71. The fraction of sp³-hybridized carbons (Fsp3) is 0.904. The highest BCUT2D eigenvalue weighted by atomic mass is 16.6. The molecule has 0 radical (unpaired) electrons. The molecule has 0 aliphatic carbocycles. The Hall–Kier alpha value is -2.11. The number of unbranched alkanes of at least 4 members (excludes halogenated alkanes) is 52. The number of hydrogen-bond acceptors (Lipinski definition) is 6. The summed E-state index contributed by atoms with van der Waals surface area (Å²) in [5.41, 5.74) is 0. The van der Waals surface area contributed by atoms with Crippen LogP contribution in [-0.4, -0.2) is 37.2 Å². The molecule has 0 aromatic heterocycles. The smallest absolute Gasteiger partial charge is 0.306 e. The lowest BCUT2D eigenvalue weighted by molar-refractivity contribution is -0.167. The molecule has 1 atom stereocenters. The summed E-state index contributed by atoms with van der Waals surface area (Å²) in [6.07, 6.45) is 83.5. The lowest BCUT2D eigenvalue weighted by atomic mass is 10.0. The Kier molecular flexibility index (Phi) is 66.6. The van der Waals surface area contributed by atoms with Gasteiger partial charge in [0, 0.05) is 19.3 Å². The summed E-state index contributed by atoms with van der Waals surface area (Å²) in [6.45, 7) is 6.72. The van der Waals surface area contributed by atoms with Gasteiger partial charge in [0.25, 0.3) is 0 Å². The minimum Gasteiger partial charge on any atom is -0.462 e. The quantitative estimate of drug-likeness (QED) is 0.0261. The minimum absolute atomic E-state index is 0.0634. The van der Waals surface area contributed by atoms with Crippen molar-refractivity contribution < 1.29 is 28.6 Å². The van der Waals surface area contributed by atoms with Crippen molar-refractivity contribution in [2.24, 2.45) is 0 Å². The molecule has 0 fully saturated rings. The van der Waals surface area contributed by atoms with Crippen molar-refractivity contribution in [3.63, 3.8) is 0 Å². The van der Waals surface area contributed by atoms with Crippen LogP contribution >= 0.6 is 0 Å². The molecule has 0 aliphatic rings. The highest BCUT2D eigenvalue weighted by Gasteiger charge is 2.19. The third kappa shape index (κ3) is 66.6. The van der Waals surface area contributed by atoms with Crippen LogP contribution in [0.25, 0.3) is 0 Å². The van der Waals surface area contributed by atoms with Gasteiger partial charge >= 0.3 is 17.9 Å². The number of carbonyl (C=O) groups is 3. The van der Waals surface area contributed by atoms with E-state index in [-0.39, 0.29) is 31.1 Å². The Balaban J connectivity index is 4.23. The monoisotopic (exact) mass is 1110 g/mol. The maximum absolute atomic E-state index is 12.9. The van der Waals surface area contributed by atoms with Crippen LogP contribution in [-0.2, 0) is 28.6 Å². The number of allylic oxidation sites excluding steroid dienone is 4. The summed E-state index contributed by atoms with van der Waals surface area (Å²) >= 11 is 0. The largest absolute Gasteiger partial charge is 0.462 e. The van der Waals surface area contributed by atoms with Gasteiger partial charge in [-0.1, -0.05) is 360 Å². The zero-order valence-electron chi connectivity index (χ0n) is 53.7. The van der Waals surface area contributed by atoms with E-state index in [0.717, 1.165) is 64.2 Å². The van der Waals surface area contributed by atoms with Crippen molar-refractivity contribution in [3.8, 4) is 0 Å². The average molecular weight is 1110 g/mol. The molecule has 0 aromatic carbocycles. The first-order valence-corrected chi connectivity index (χ1v) is 35.8. The summed E-state index contributed by atoms with van der Waals surface area (Å²) in [5, 5.41) is 0. The van der Waals surface area contributed by atoms with Crippen LogP contribution in [0.5, 0.6) is 0 Å². The summed E-state index contributed by atoms with van der Waals surface area (Å²) in [7, 11) is 0. The standard InChI is InChI=1S/C73H138O6/c1-4-7-10-13-16-19-22-25-28-31-33-34-35-36-37-38-39-40-41-43-45-48-51-54-57-60-63-66-72(75)78-69-70(68-77-71(74)65-62-59-56-53-50-47-44-30-27-24-21-18-15-12-9-6-3)79-73(76)67-64-61-58-55-52-49-46-42-32-29-26-23-20-17-14-11-8-5-2/h22,25,31,33,70H,4-21,23-24,26-30,32,34-69H2,1-3H3/b25-22-,33-31-. The van der Waals surface area contributed by atoms with Gasteiger partial charge in [-0.15, -0.1) is 0 Å². The summed E-state index contributed by atoms with van der Waals surface area (Å²) < 4.78 is 17.0. The third-order valence-corrected chi connectivity index (χ3v) is 16.5. The van der Waals surface area contributed by atoms with Gasteiger partial charge in [-0.3, -0.25) is 14.4 Å². The molecule has 0 spiro atoms. The lowest BCUT2D eigenvalue weighted by Crippen LogP contribution is -2.30. The number of esters is 3. The van der Waals surface area contributed by atoms with Crippen LogP contribution in [0.3, 0.4) is 0 Å². The second-order valence-electron chi connectivity index (χ2n) is 24.5. The van der Waals surface area contributed by atoms with Gasteiger partial charge in [0.15, 0.2) is 6.10 Å². The zero-order chi connectivity index (χ0) is 57.1. The molecular weight excluding hydrogens is 973 g/mol. The van der Waals surface area contributed by atoms with E-state index in [1.807, 2.05) is 0 Å². The topological polar surface area (TPSA) is 78.9 Å². The van der Waals surface area contributed by atoms with Gasteiger partial charge in [-0.25, -0.2) is 0 Å². The van der Waals surface area contributed by atoms with E-state index < -0.39 is 6.10 Å². The Bertz CT molecular complexity index is 1270. The molecule has 79 heavy (non-hydrogen) atoms. The predicted molar refractivity (Wildman–Crippen MR) is 344 cm³/mol. The average Bonchev–Trinajstić information content (AvgIpc) is 3.45. The molecule has 0 rings (SSSR count). The van der Waals surface area contributed by atoms with Crippen molar-refractivity contribution >= 4 is 17.9 Å². The number of ether oxygens (including phenoxy) is 3. The molecule has 466 valence electrons. The summed E-state index contributed by atoms with van der Waals surface area (Å²) in [6, 6.07) is 0. The third-order valence-electron chi connectivity index (χ3n) is 16.5. The van der Waals surface area contributed by atoms with Crippen molar-refractivity contribution in [2.45, 2.75) is 412 Å². The van der Waals surface area contributed by atoms with Crippen molar-refractivity contribution in [2.75, 3.05) is 13.2 Å². The van der Waals surface area contributed by atoms with Crippen molar-refractivity contribution in [1.82, 2.24) is 0 Å². The second-order valence-corrected chi connectivity index (χ2v) is 24.5. The number of rotatable bonds is 67. The van der Waals surface area contributed by atoms with Gasteiger partial charge < -0.3 is 14.2 Å². The van der Waals surface area contributed by atoms with Crippen molar-refractivity contribution in [3.05, 3.63) is 24.3 Å². The summed E-state index contributed by atoms with van der Waals surface area (Å²) in [5.74, 6) is -0.827. The first-order valence-electron chi connectivity index (χ1n) is 35.8. The van der Waals surface area contributed by atoms with E-state index >= 15 is 0 Å². The molecule has 0 aromatic rings. The van der Waals surface area contributed by atoms with E-state index in [1.165, 1.54) is 302 Å². The van der Waals surface area contributed by atoms with Crippen LogP contribution in [0.4, 0.5) is 0 Å². The van der Waals surface area contributed by atoms with E-state index in [0.29, 0.717) is 19.3 Å². The van der Waals surface area contributed by atoms with Crippen LogP contribution in [0.2, 0.25) is 0 Å². The molecule has 0 amide bonds. The van der Waals surface area contributed by atoms with E-state index in [9.17, 15) is 14.4 Å². The first kappa shape index (κ1) is 76.9. The molecule has 1 unspecified atom stereocenters. The van der Waals surface area contributed by atoms with E-state index in [4.69, 9.17) is 14.2 Å². The lowest BCUT2D eigenvalue weighted by Gasteiger charge is -2.18. The maximum atomic E-state index is 12.9. The van der Waals surface area contributed by atoms with E-state index in [1.54, 1.807) is 0 Å². The molecule has 0 saturated heterocycles. The molecule has 0 N–H and O–H groups in total. The van der Waals surface area contributed by atoms with E-state index in [2.05, 4.69) is 45.1 Å². The van der Waals surface area contributed by atoms with Gasteiger partial charge in [-0.05, 0) is 51.4 Å². The minimum atomic E-state index is -0.767. The molecule has 0 saturated carbocycles. The zero-order valence-corrected chi connectivity index (χ0v) is 53.7. The number of hydrogen-bond donors (Lipinski definition) is 0. The molecule has 0 bridgehead atoms. The maximum Gasteiger partial charge on any atom is 0.306 e. The van der Waals surface area contributed by atoms with Gasteiger partial charge in [0.1, 0.15) is 13.2 Å². The van der Waals surface area contributed by atoms with Crippen molar-refractivity contribution in [1.29, 1.82) is 0 Å². The molecule has 0 heterocycles. The Labute approximate surface area is 493 Å². The first-order chi connectivity index (χ1) is 39.0. The van der Waals surface area contributed by atoms with Crippen LogP contribution in [0, 0.1) is 0 Å². The Morgan fingerprint density at radius 2 is 0.456 bits per heavy atom. The van der Waals surface area contributed by atoms with Gasteiger partial charge in [0.2, 0.25) is 0 Å². The number of carbonyl (C=O) groups excluding carboxylic acids is 3.